The van der Waals surface area contributed by atoms with Gasteiger partial charge in [-0.05, 0) is 51.0 Å². The minimum Gasteiger partial charge on any atom is -0.479 e. The van der Waals surface area contributed by atoms with Crippen molar-refractivity contribution in [1.82, 2.24) is 0 Å². The van der Waals surface area contributed by atoms with Gasteiger partial charge in [0.1, 0.15) is 5.60 Å². The lowest BCUT2D eigenvalue weighted by Gasteiger charge is -2.35. The summed E-state index contributed by atoms with van der Waals surface area (Å²) in [5.41, 5.74) is -0.565. The van der Waals surface area contributed by atoms with E-state index >= 15 is 0 Å². The van der Waals surface area contributed by atoms with Crippen LogP contribution in [0.2, 0.25) is 0 Å². The maximum atomic E-state index is 12.6. The molecule has 2 rings (SSSR count). The van der Waals surface area contributed by atoms with Gasteiger partial charge in [0.15, 0.2) is 5.54 Å². The monoisotopic (exact) mass is 369 g/mol. The van der Waals surface area contributed by atoms with E-state index in [1.165, 1.54) is 4.90 Å². The van der Waals surface area contributed by atoms with Gasteiger partial charge < -0.3 is 9.84 Å². The van der Waals surface area contributed by atoms with Crippen LogP contribution in [0, 0.1) is 0 Å². The number of anilines is 1. The molecule has 1 aromatic carbocycles. The van der Waals surface area contributed by atoms with Crippen LogP contribution in [-0.4, -0.2) is 28.3 Å². The van der Waals surface area contributed by atoms with Gasteiger partial charge in [-0.1, -0.05) is 22.9 Å². The summed E-state index contributed by atoms with van der Waals surface area (Å²) in [6.45, 7) is 7.06. The smallest absolute Gasteiger partial charge is 0.415 e. The van der Waals surface area contributed by atoms with Crippen molar-refractivity contribution in [1.29, 1.82) is 0 Å². The molecule has 5 nitrogen and oxygen atoms in total. The minimum absolute atomic E-state index is 0.271. The molecule has 0 saturated heterocycles. The normalized spacial score (nSPS) is 20.7. The molecule has 1 atom stereocenters. The molecule has 1 aromatic rings. The lowest BCUT2D eigenvalue weighted by molar-refractivity contribution is -0.143. The number of hydrogen-bond donors (Lipinski definition) is 1. The molecule has 0 saturated carbocycles. The number of fused-ring (bicyclic) bond motifs is 1. The molecule has 0 spiro atoms. The highest BCUT2D eigenvalue weighted by atomic mass is 79.9. The highest BCUT2D eigenvalue weighted by Gasteiger charge is 2.52. The number of carbonyl (C=O) groups excluding carboxylic acids is 1. The van der Waals surface area contributed by atoms with Gasteiger partial charge in [-0.2, -0.15) is 0 Å². The zero-order chi connectivity index (χ0) is 16.7. The zero-order valence-corrected chi connectivity index (χ0v) is 14.7. The van der Waals surface area contributed by atoms with Gasteiger partial charge in [-0.3, -0.25) is 4.90 Å². The Kier molecular flexibility index (Phi) is 4.26. The van der Waals surface area contributed by atoms with E-state index in [9.17, 15) is 14.7 Å². The maximum absolute atomic E-state index is 12.6. The Balaban J connectivity index is 2.54. The molecule has 1 aliphatic rings. The third-order valence-electron chi connectivity index (χ3n) is 3.75. The van der Waals surface area contributed by atoms with Crippen molar-refractivity contribution in [3.63, 3.8) is 0 Å². The Morgan fingerprint density at radius 3 is 2.55 bits per heavy atom. The molecule has 1 aliphatic heterocycles. The molecule has 1 heterocycles. The Morgan fingerprint density at radius 1 is 1.41 bits per heavy atom. The third kappa shape index (κ3) is 2.84. The van der Waals surface area contributed by atoms with E-state index in [-0.39, 0.29) is 6.42 Å². The van der Waals surface area contributed by atoms with E-state index in [1.807, 2.05) is 6.07 Å². The molecule has 1 N–H and O–H groups in total. The molecular weight excluding hydrogens is 350 g/mol. The summed E-state index contributed by atoms with van der Waals surface area (Å²) in [7, 11) is 0. The number of amides is 1. The molecule has 0 aromatic heterocycles. The Hall–Kier alpha value is -1.56. The second-order valence-electron chi connectivity index (χ2n) is 6.46. The fourth-order valence-electron chi connectivity index (χ4n) is 2.72. The number of carboxylic acids is 1. The molecule has 0 aliphatic carbocycles. The first-order valence-corrected chi connectivity index (χ1v) is 7.95. The van der Waals surface area contributed by atoms with Crippen molar-refractivity contribution in [2.45, 2.75) is 51.7 Å². The number of carbonyl (C=O) groups is 2. The largest absolute Gasteiger partial charge is 0.479 e. The van der Waals surface area contributed by atoms with E-state index < -0.39 is 23.2 Å². The first kappa shape index (κ1) is 16.8. The van der Waals surface area contributed by atoms with Crippen LogP contribution >= 0.6 is 15.9 Å². The fourth-order valence-corrected chi connectivity index (χ4v) is 3.13. The van der Waals surface area contributed by atoms with Crippen LogP contribution in [0.25, 0.3) is 0 Å². The summed E-state index contributed by atoms with van der Waals surface area (Å²) in [4.78, 5) is 25.8. The van der Waals surface area contributed by atoms with Crippen molar-refractivity contribution in [3.8, 4) is 0 Å². The van der Waals surface area contributed by atoms with Gasteiger partial charge in [0.2, 0.25) is 0 Å². The SMILES string of the molecule is CCC1(C(=O)O)Cc2cc(Br)ccc2N1C(=O)OC(C)(C)C. The first-order chi connectivity index (χ1) is 10.1. The average molecular weight is 370 g/mol. The highest BCUT2D eigenvalue weighted by molar-refractivity contribution is 9.10. The Labute approximate surface area is 138 Å². The van der Waals surface area contributed by atoms with Crippen molar-refractivity contribution in [3.05, 3.63) is 28.2 Å². The summed E-state index contributed by atoms with van der Waals surface area (Å²) in [5, 5.41) is 9.76. The number of benzene rings is 1. The van der Waals surface area contributed by atoms with E-state index in [1.54, 1.807) is 39.8 Å². The molecule has 0 bridgehead atoms. The summed E-state index contributed by atoms with van der Waals surface area (Å²) in [6.07, 6.45) is -0.0569. The molecule has 0 radical (unpaired) electrons. The van der Waals surface area contributed by atoms with Crippen LogP contribution in [0.5, 0.6) is 0 Å². The molecule has 120 valence electrons. The van der Waals surface area contributed by atoms with Crippen LogP contribution in [0.3, 0.4) is 0 Å². The third-order valence-corrected chi connectivity index (χ3v) is 4.25. The molecule has 1 amide bonds. The van der Waals surface area contributed by atoms with Gasteiger partial charge in [0, 0.05) is 10.9 Å². The predicted molar refractivity (Wildman–Crippen MR) is 87.2 cm³/mol. The Morgan fingerprint density at radius 2 is 2.05 bits per heavy atom. The number of nitrogens with zero attached hydrogens (tertiary/aromatic N) is 1. The fraction of sp³-hybridized carbons (Fsp3) is 0.500. The molecule has 22 heavy (non-hydrogen) atoms. The Bertz CT molecular complexity index is 623. The standard InChI is InChI=1S/C16H20BrNO4/c1-5-16(13(19)20)9-10-8-11(17)6-7-12(10)18(16)14(21)22-15(2,3)4/h6-8H,5,9H2,1-4H3,(H,19,20). The van der Waals surface area contributed by atoms with Crippen molar-refractivity contribution < 1.29 is 19.4 Å². The molecular formula is C16H20BrNO4. The van der Waals surface area contributed by atoms with Crippen LogP contribution in [0.15, 0.2) is 22.7 Å². The summed E-state index contributed by atoms with van der Waals surface area (Å²) in [5.74, 6) is -1.02. The van der Waals surface area contributed by atoms with E-state index in [2.05, 4.69) is 15.9 Å². The minimum atomic E-state index is -1.30. The first-order valence-electron chi connectivity index (χ1n) is 7.16. The van der Waals surface area contributed by atoms with Crippen LogP contribution in [0.4, 0.5) is 10.5 Å². The van der Waals surface area contributed by atoms with Gasteiger partial charge in [0.25, 0.3) is 0 Å². The number of halogens is 1. The van der Waals surface area contributed by atoms with Gasteiger partial charge in [-0.25, -0.2) is 9.59 Å². The predicted octanol–water partition coefficient (Wildman–Crippen LogP) is 3.98. The number of ether oxygens (including phenoxy) is 1. The van der Waals surface area contributed by atoms with Gasteiger partial charge >= 0.3 is 12.1 Å². The van der Waals surface area contributed by atoms with Crippen molar-refractivity contribution >= 4 is 33.7 Å². The summed E-state index contributed by atoms with van der Waals surface area (Å²) in [6, 6.07) is 5.40. The quantitative estimate of drug-likeness (QED) is 0.855. The molecule has 1 unspecified atom stereocenters. The van der Waals surface area contributed by atoms with Crippen LogP contribution in [0.1, 0.15) is 39.7 Å². The van der Waals surface area contributed by atoms with E-state index in [4.69, 9.17) is 4.74 Å². The molecule has 6 heteroatoms. The van der Waals surface area contributed by atoms with Crippen LogP contribution < -0.4 is 4.90 Å². The van der Waals surface area contributed by atoms with E-state index in [0.717, 1.165) is 10.0 Å². The number of aliphatic carboxylic acids is 1. The maximum Gasteiger partial charge on any atom is 0.415 e. The lowest BCUT2D eigenvalue weighted by Crippen LogP contribution is -2.56. The van der Waals surface area contributed by atoms with Gasteiger partial charge in [-0.15, -0.1) is 0 Å². The summed E-state index contributed by atoms with van der Waals surface area (Å²) < 4.78 is 6.28. The average Bonchev–Trinajstić information content (AvgIpc) is 2.71. The topological polar surface area (TPSA) is 66.8 Å². The van der Waals surface area contributed by atoms with Gasteiger partial charge in [0.05, 0.1) is 5.69 Å². The number of carboxylic acid groups (broad SMARTS) is 1. The van der Waals surface area contributed by atoms with Crippen molar-refractivity contribution in [2.75, 3.05) is 4.90 Å². The van der Waals surface area contributed by atoms with Crippen LogP contribution in [-0.2, 0) is 16.0 Å². The molecule has 0 fully saturated rings. The van der Waals surface area contributed by atoms with Crippen molar-refractivity contribution in [2.24, 2.45) is 0 Å². The number of rotatable bonds is 2. The van der Waals surface area contributed by atoms with E-state index in [0.29, 0.717) is 12.1 Å². The zero-order valence-electron chi connectivity index (χ0n) is 13.1. The number of hydrogen-bond acceptors (Lipinski definition) is 3. The summed E-state index contributed by atoms with van der Waals surface area (Å²) >= 11 is 3.39. The second kappa shape index (κ2) is 5.57. The highest BCUT2D eigenvalue weighted by Crippen LogP contribution is 2.43. The lowest BCUT2D eigenvalue weighted by atomic mass is 9.91. The second-order valence-corrected chi connectivity index (χ2v) is 7.37.